The average molecular weight is 909 g/mol. The molecule has 352 valence electrons. The van der Waals surface area contributed by atoms with Crippen molar-refractivity contribution in [3.05, 3.63) is 83.6 Å². The van der Waals surface area contributed by atoms with E-state index in [1.54, 1.807) is 0 Å². The summed E-state index contributed by atoms with van der Waals surface area (Å²) in [5.41, 5.74) is 11.7. The molecule has 6 atom stereocenters. The number of amides is 4. The molecule has 4 aliphatic carbocycles. The fourth-order valence-corrected chi connectivity index (χ4v) is 11.9. The number of benzene rings is 3. The first-order valence-corrected chi connectivity index (χ1v) is 24.4. The Labute approximate surface area is 392 Å². The maximum atomic E-state index is 14.0. The molecule has 3 saturated carbocycles. The van der Waals surface area contributed by atoms with Crippen LogP contribution in [0.15, 0.2) is 60.8 Å². The Bertz CT molecular complexity index is 2710. The van der Waals surface area contributed by atoms with Gasteiger partial charge in [0.05, 0.1) is 49.2 Å². The molecule has 1 spiro atoms. The standard InChI is InChI=1S/C53H64N8O6/c1-28(2)45(58-51(64)66-6)49(62)60(35-15-16-35)30(5)47-55-39-19-14-33(24-40(39)56-47)36-17-18-37(44-38(36)20-23-53(44)21-8-9-22-53)31-10-12-32(13-11-31)41-27-54-48(57-41)43-26-34-25-42(34)61(43)50(63)46(29(3)4)59-52(65)67-7/h10-14,17-19,24,27-30,34-35,42-43,45-46H,8-9,15-16,20-23,25-26H2,1-7H3,(H,54,57)(H,55,56)(H,58,64)(H,59,65)/t30-,34?,42?,43-,45-,46-/m0/s1. The van der Waals surface area contributed by atoms with Crippen molar-refractivity contribution >= 4 is 35.0 Å². The van der Waals surface area contributed by atoms with Gasteiger partial charge >= 0.3 is 12.2 Å². The third-order valence-electron chi connectivity index (χ3n) is 15.6. The third kappa shape index (κ3) is 8.13. The lowest BCUT2D eigenvalue weighted by Crippen LogP contribution is -2.52. The van der Waals surface area contributed by atoms with Crippen LogP contribution in [-0.2, 0) is 30.9 Å². The molecule has 4 fully saturated rings. The highest BCUT2D eigenvalue weighted by Gasteiger charge is 2.56. The van der Waals surface area contributed by atoms with Crippen molar-refractivity contribution in [3.63, 3.8) is 0 Å². The summed E-state index contributed by atoms with van der Waals surface area (Å²) in [6, 6.07) is 18.3. The molecule has 0 bridgehead atoms. The second-order valence-corrected chi connectivity index (χ2v) is 20.5. The minimum Gasteiger partial charge on any atom is -0.453 e. The first kappa shape index (κ1) is 44.6. The zero-order valence-electron chi connectivity index (χ0n) is 39.8. The van der Waals surface area contributed by atoms with Crippen molar-refractivity contribution in [2.45, 2.75) is 140 Å². The highest BCUT2D eigenvalue weighted by Crippen LogP contribution is 2.56. The number of alkyl carbamates (subject to hydrolysis) is 2. The van der Waals surface area contributed by atoms with Gasteiger partial charge in [0, 0.05) is 12.1 Å². The number of nitrogens with zero attached hydrogens (tertiary/aromatic N) is 4. The summed E-state index contributed by atoms with van der Waals surface area (Å²) in [6.45, 7) is 9.75. The number of carbonyl (C=O) groups is 4. The number of imidazole rings is 2. The van der Waals surface area contributed by atoms with Gasteiger partial charge in [-0.3, -0.25) is 9.59 Å². The number of hydrogen-bond acceptors (Lipinski definition) is 8. The lowest BCUT2D eigenvalue weighted by molar-refractivity contribution is -0.138. The van der Waals surface area contributed by atoms with Crippen molar-refractivity contribution in [1.82, 2.24) is 40.4 Å². The van der Waals surface area contributed by atoms with Gasteiger partial charge in [0.1, 0.15) is 23.7 Å². The van der Waals surface area contributed by atoms with E-state index in [9.17, 15) is 19.2 Å². The molecule has 14 heteroatoms. The van der Waals surface area contributed by atoms with Crippen molar-refractivity contribution < 1.29 is 28.7 Å². The monoisotopic (exact) mass is 908 g/mol. The van der Waals surface area contributed by atoms with Gasteiger partial charge in [-0.2, -0.15) is 0 Å². The summed E-state index contributed by atoms with van der Waals surface area (Å²) < 4.78 is 9.70. The van der Waals surface area contributed by atoms with Crippen LogP contribution in [-0.4, -0.2) is 92.1 Å². The Kier molecular flexibility index (Phi) is 11.6. The van der Waals surface area contributed by atoms with E-state index < -0.39 is 24.3 Å². The van der Waals surface area contributed by atoms with E-state index in [2.05, 4.69) is 75.2 Å². The Morgan fingerprint density at radius 1 is 0.791 bits per heavy atom. The van der Waals surface area contributed by atoms with Gasteiger partial charge in [-0.15, -0.1) is 0 Å². The molecule has 5 aliphatic rings. The van der Waals surface area contributed by atoms with Crippen LogP contribution < -0.4 is 10.6 Å². The Morgan fingerprint density at radius 3 is 2.12 bits per heavy atom. The summed E-state index contributed by atoms with van der Waals surface area (Å²) in [5.74, 6) is 1.52. The predicted octanol–water partition coefficient (Wildman–Crippen LogP) is 9.52. The summed E-state index contributed by atoms with van der Waals surface area (Å²) >= 11 is 0. The quantitative estimate of drug-likeness (QED) is 0.0904. The van der Waals surface area contributed by atoms with E-state index in [1.165, 1.54) is 67.7 Å². The van der Waals surface area contributed by atoms with Crippen molar-refractivity contribution in [1.29, 1.82) is 0 Å². The summed E-state index contributed by atoms with van der Waals surface area (Å²) in [6.07, 6.45) is 11.4. The predicted molar refractivity (Wildman–Crippen MR) is 256 cm³/mol. The molecular formula is C53H64N8O6. The van der Waals surface area contributed by atoms with E-state index >= 15 is 0 Å². The minimum absolute atomic E-state index is 0.0874. The fraction of sp³-hybridized carbons (Fsp3) is 0.509. The Hall–Kier alpha value is -6.18. The molecule has 1 aliphatic heterocycles. The molecule has 0 radical (unpaired) electrons. The lowest BCUT2D eigenvalue weighted by atomic mass is 9.76. The number of carbonyl (C=O) groups excluding carboxylic acids is 4. The highest BCUT2D eigenvalue weighted by molar-refractivity contribution is 5.89. The maximum absolute atomic E-state index is 14.0. The van der Waals surface area contributed by atoms with Crippen molar-refractivity contribution in [3.8, 4) is 33.5 Å². The first-order chi connectivity index (χ1) is 32.3. The topological polar surface area (TPSA) is 175 Å². The number of aromatic nitrogens is 4. The number of likely N-dealkylation sites (tertiary alicyclic amines) is 1. The molecular weight excluding hydrogens is 845 g/mol. The van der Waals surface area contributed by atoms with E-state index in [1.807, 2.05) is 50.6 Å². The van der Waals surface area contributed by atoms with Gasteiger partial charge in [-0.1, -0.05) is 83.0 Å². The summed E-state index contributed by atoms with van der Waals surface area (Å²) in [4.78, 5) is 73.3. The second-order valence-electron chi connectivity index (χ2n) is 20.5. The summed E-state index contributed by atoms with van der Waals surface area (Å²) in [5, 5.41) is 5.54. The first-order valence-electron chi connectivity index (χ1n) is 24.4. The van der Waals surface area contributed by atoms with Crippen molar-refractivity contribution in [2.75, 3.05) is 14.2 Å². The van der Waals surface area contributed by atoms with Crippen LogP contribution in [0.4, 0.5) is 9.59 Å². The number of nitrogens with one attached hydrogen (secondary N) is 4. The normalized spacial score (nSPS) is 21.6. The number of methoxy groups -OCH3 is 2. The van der Waals surface area contributed by atoms with E-state index in [0.717, 1.165) is 78.0 Å². The lowest BCUT2D eigenvalue weighted by Gasteiger charge is -2.33. The van der Waals surface area contributed by atoms with Gasteiger partial charge in [-0.25, -0.2) is 19.6 Å². The molecule has 10 rings (SSSR count). The molecule has 4 amide bonds. The molecule has 67 heavy (non-hydrogen) atoms. The molecule has 2 unspecified atom stereocenters. The van der Waals surface area contributed by atoms with Gasteiger partial charge in [-0.05, 0) is 133 Å². The SMILES string of the molecule is COC(=O)N[C@H](C(=O)N(C1CC1)[C@@H](C)c1nc2ccc(-c3ccc(-c4ccc(-c5cnc([C@@H]6CC7CC7N6C(=O)[C@@H](NC(=O)OC)C(C)C)[nH]5)cc4)c4c3CCC43CCCC3)cc2[nH]1)C(C)C. The zero-order valence-corrected chi connectivity index (χ0v) is 39.8. The van der Waals surface area contributed by atoms with Crippen molar-refractivity contribution in [2.24, 2.45) is 17.8 Å². The molecule has 5 aromatic rings. The van der Waals surface area contributed by atoms with Gasteiger partial charge in [0.2, 0.25) is 11.8 Å². The number of fused-ring (bicyclic) bond motifs is 4. The Morgan fingerprint density at radius 2 is 1.45 bits per heavy atom. The van der Waals surface area contributed by atoms with Crippen LogP contribution >= 0.6 is 0 Å². The van der Waals surface area contributed by atoms with Crippen LogP contribution in [0.5, 0.6) is 0 Å². The number of piperidine rings is 1. The Balaban J connectivity index is 0.913. The molecule has 14 nitrogen and oxygen atoms in total. The van der Waals surface area contributed by atoms with E-state index in [-0.39, 0.29) is 53.2 Å². The number of hydrogen-bond donors (Lipinski definition) is 4. The molecule has 3 aromatic carbocycles. The average Bonchev–Trinajstić information content (AvgIpc) is 3.89. The smallest absolute Gasteiger partial charge is 0.407 e. The number of H-pyrrole nitrogens is 2. The molecule has 1 saturated heterocycles. The van der Waals surface area contributed by atoms with E-state index in [0.29, 0.717) is 5.92 Å². The molecule has 2 aromatic heterocycles. The van der Waals surface area contributed by atoms with Crippen LogP contribution in [0.3, 0.4) is 0 Å². The number of ether oxygens (including phenoxy) is 2. The van der Waals surface area contributed by atoms with Gasteiger partial charge in [0.15, 0.2) is 0 Å². The van der Waals surface area contributed by atoms with Gasteiger partial charge in [0.25, 0.3) is 0 Å². The van der Waals surface area contributed by atoms with Crippen LogP contribution in [0.1, 0.15) is 127 Å². The maximum Gasteiger partial charge on any atom is 0.407 e. The molecule has 4 N–H and O–H groups in total. The fourth-order valence-electron chi connectivity index (χ4n) is 11.9. The second kappa shape index (κ2) is 17.5. The molecule has 3 heterocycles. The van der Waals surface area contributed by atoms with Crippen LogP contribution in [0, 0.1) is 17.8 Å². The minimum atomic E-state index is -0.704. The summed E-state index contributed by atoms with van der Waals surface area (Å²) in [7, 11) is 2.63. The highest BCUT2D eigenvalue weighted by atomic mass is 16.5. The van der Waals surface area contributed by atoms with Crippen LogP contribution in [0.25, 0.3) is 44.5 Å². The van der Waals surface area contributed by atoms with E-state index in [4.69, 9.17) is 19.4 Å². The number of aromatic amines is 2. The zero-order chi connectivity index (χ0) is 46.9. The van der Waals surface area contributed by atoms with Crippen LogP contribution in [0.2, 0.25) is 0 Å². The van der Waals surface area contributed by atoms with Gasteiger partial charge < -0.3 is 39.9 Å². The largest absolute Gasteiger partial charge is 0.453 e. The number of rotatable bonds is 13. The third-order valence-corrected chi connectivity index (χ3v) is 15.6.